The van der Waals surface area contributed by atoms with E-state index in [1.807, 2.05) is 13.0 Å². The van der Waals surface area contributed by atoms with Crippen molar-refractivity contribution in [2.45, 2.75) is 46.2 Å². The molecule has 1 aliphatic heterocycles. The molecule has 0 bridgehead atoms. The molecule has 19 heavy (non-hydrogen) atoms. The maximum Gasteiger partial charge on any atom is 0.146 e. The Morgan fingerprint density at radius 3 is 2.79 bits per heavy atom. The fraction of sp³-hybridized carbons (Fsp3) is 0.625. The molecule has 0 saturated carbocycles. The molecule has 1 fully saturated rings. The number of aryl methyl sites for hydroxylation is 1. The van der Waals surface area contributed by atoms with Crippen LogP contribution in [0, 0.1) is 18.7 Å². The number of nitrogens with zero attached hydrogens (tertiary/aromatic N) is 1. The molecule has 1 N–H and O–H groups in total. The first-order chi connectivity index (χ1) is 8.99. The first-order valence-electron chi connectivity index (χ1n) is 7.24. The van der Waals surface area contributed by atoms with Crippen LogP contribution < -0.4 is 10.2 Å². The van der Waals surface area contributed by atoms with Gasteiger partial charge >= 0.3 is 0 Å². The second-order valence-corrected chi connectivity index (χ2v) is 6.14. The third-order valence-electron chi connectivity index (χ3n) is 3.88. The highest BCUT2D eigenvalue weighted by Gasteiger charge is 2.27. The van der Waals surface area contributed by atoms with Gasteiger partial charge in [0.05, 0.1) is 5.69 Å². The molecule has 0 radical (unpaired) electrons. The van der Waals surface area contributed by atoms with E-state index in [2.05, 4.69) is 31.0 Å². The van der Waals surface area contributed by atoms with Gasteiger partial charge in [-0.3, -0.25) is 0 Å². The summed E-state index contributed by atoms with van der Waals surface area (Å²) in [6.07, 6.45) is 1.14. The summed E-state index contributed by atoms with van der Waals surface area (Å²) in [5, 5.41) is 3.57. The van der Waals surface area contributed by atoms with Gasteiger partial charge in [0.15, 0.2) is 0 Å². The molecule has 0 aromatic heterocycles. The van der Waals surface area contributed by atoms with Crippen LogP contribution in [-0.4, -0.2) is 25.2 Å². The molecule has 2 atom stereocenters. The summed E-state index contributed by atoms with van der Waals surface area (Å²) in [4.78, 5) is 2.23. The molecule has 2 rings (SSSR count). The summed E-state index contributed by atoms with van der Waals surface area (Å²) in [7, 11) is 0. The highest BCUT2D eigenvalue weighted by Crippen LogP contribution is 2.28. The predicted molar refractivity (Wildman–Crippen MR) is 79.2 cm³/mol. The third-order valence-corrected chi connectivity index (χ3v) is 3.88. The molecule has 1 saturated heterocycles. The second kappa shape index (κ2) is 5.91. The lowest BCUT2D eigenvalue weighted by Gasteiger charge is -2.41. The monoisotopic (exact) mass is 264 g/mol. The second-order valence-electron chi connectivity index (χ2n) is 6.14. The van der Waals surface area contributed by atoms with Gasteiger partial charge in [0.2, 0.25) is 0 Å². The molecule has 3 heteroatoms. The summed E-state index contributed by atoms with van der Waals surface area (Å²) in [5.74, 6) is 0.562. The standard InChI is InChI=1S/C16H25FN2/c1-11(2)8-14-10-19(13(4)9-18-14)16-12(3)6-5-7-15(16)17/h5-7,11,13-14,18H,8-10H2,1-4H3. The van der Waals surface area contributed by atoms with Crippen LogP contribution in [0.4, 0.5) is 10.1 Å². The third kappa shape index (κ3) is 3.27. The van der Waals surface area contributed by atoms with Gasteiger partial charge in [-0.15, -0.1) is 0 Å². The van der Waals surface area contributed by atoms with Crippen molar-refractivity contribution in [2.75, 3.05) is 18.0 Å². The molecular weight excluding hydrogens is 239 g/mol. The molecule has 1 aromatic carbocycles. The van der Waals surface area contributed by atoms with Crippen molar-refractivity contribution in [3.63, 3.8) is 0 Å². The Bertz CT molecular complexity index is 411. The summed E-state index contributed by atoms with van der Waals surface area (Å²) < 4.78 is 14.1. The van der Waals surface area contributed by atoms with E-state index in [0.717, 1.165) is 30.8 Å². The average molecular weight is 264 g/mol. The van der Waals surface area contributed by atoms with Gasteiger partial charge in [0, 0.05) is 25.2 Å². The number of piperazine rings is 1. The van der Waals surface area contributed by atoms with E-state index < -0.39 is 0 Å². The topological polar surface area (TPSA) is 15.3 Å². The van der Waals surface area contributed by atoms with E-state index in [0.29, 0.717) is 18.0 Å². The van der Waals surface area contributed by atoms with Crippen LogP contribution in [0.2, 0.25) is 0 Å². The molecule has 0 aliphatic carbocycles. The van der Waals surface area contributed by atoms with Crippen LogP contribution in [0.1, 0.15) is 32.8 Å². The fourth-order valence-electron chi connectivity index (χ4n) is 2.95. The van der Waals surface area contributed by atoms with Crippen molar-refractivity contribution in [2.24, 2.45) is 5.92 Å². The smallest absolute Gasteiger partial charge is 0.146 e. The molecule has 2 nitrogen and oxygen atoms in total. The first kappa shape index (κ1) is 14.3. The Morgan fingerprint density at radius 2 is 2.16 bits per heavy atom. The number of rotatable bonds is 3. The zero-order chi connectivity index (χ0) is 14.0. The lowest BCUT2D eigenvalue weighted by molar-refractivity contribution is 0.353. The van der Waals surface area contributed by atoms with E-state index in [4.69, 9.17) is 0 Å². The van der Waals surface area contributed by atoms with Crippen molar-refractivity contribution in [3.05, 3.63) is 29.6 Å². The number of hydrogen-bond acceptors (Lipinski definition) is 2. The lowest BCUT2D eigenvalue weighted by atomic mass is 9.99. The number of halogens is 1. The maximum atomic E-state index is 14.1. The number of para-hydroxylation sites is 1. The largest absolute Gasteiger partial charge is 0.363 e. The van der Waals surface area contributed by atoms with Crippen molar-refractivity contribution in [1.29, 1.82) is 0 Å². The highest BCUT2D eigenvalue weighted by atomic mass is 19.1. The lowest BCUT2D eigenvalue weighted by Crippen LogP contribution is -2.56. The zero-order valence-corrected chi connectivity index (χ0v) is 12.4. The Kier molecular flexibility index (Phi) is 4.46. The van der Waals surface area contributed by atoms with Gasteiger partial charge in [-0.1, -0.05) is 26.0 Å². The predicted octanol–water partition coefficient (Wildman–Crippen LogP) is 3.35. The Labute approximate surface area is 116 Å². The van der Waals surface area contributed by atoms with Crippen molar-refractivity contribution >= 4 is 5.69 Å². The van der Waals surface area contributed by atoms with Crippen molar-refractivity contribution in [1.82, 2.24) is 5.32 Å². The molecular formula is C16H25FN2. The minimum atomic E-state index is -0.1000. The van der Waals surface area contributed by atoms with Gasteiger partial charge in [-0.2, -0.15) is 0 Å². The summed E-state index contributed by atoms with van der Waals surface area (Å²) >= 11 is 0. The first-order valence-corrected chi connectivity index (χ1v) is 7.24. The van der Waals surface area contributed by atoms with Crippen molar-refractivity contribution < 1.29 is 4.39 Å². The molecule has 1 aromatic rings. The van der Waals surface area contributed by atoms with Crippen LogP contribution in [0.3, 0.4) is 0 Å². The number of hydrogen-bond donors (Lipinski definition) is 1. The van der Waals surface area contributed by atoms with E-state index in [1.54, 1.807) is 12.1 Å². The van der Waals surface area contributed by atoms with Crippen LogP contribution >= 0.6 is 0 Å². The van der Waals surface area contributed by atoms with Crippen LogP contribution in [-0.2, 0) is 0 Å². The minimum Gasteiger partial charge on any atom is -0.363 e. The van der Waals surface area contributed by atoms with Gasteiger partial charge in [0.1, 0.15) is 5.82 Å². The maximum absolute atomic E-state index is 14.1. The Hall–Kier alpha value is -1.09. The highest BCUT2D eigenvalue weighted by molar-refractivity contribution is 5.55. The van der Waals surface area contributed by atoms with Crippen molar-refractivity contribution in [3.8, 4) is 0 Å². The number of benzene rings is 1. The SMILES string of the molecule is Cc1cccc(F)c1N1CC(CC(C)C)NCC1C. The van der Waals surface area contributed by atoms with Gasteiger partial charge in [0.25, 0.3) is 0 Å². The van der Waals surface area contributed by atoms with E-state index in [-0.39, 0.29) is 5.82 Å². The fourth-order valence-corrected chi connectivity index (χ4v) is 2.95. The zero-order valence-electron chi connectivity index (χ0n) is 12.4. The van der Waals surface area contributed by atoms with Gasteiger partial charge in [-0.25, -0.2) is 4.39 Å². The quantitative estimate of drug-likeness (QED) is 0.900. The van der Waals surface area contributed by atoms with Gasteiger partial charge < -0.3 is 10.2 Å². The van der Waals surface area contributed by atoms with Crippen LogP contribution in [0.5, 0.6) is 0 Å². The van der Waals surface area contributed by atoms with Gasteiger partial charge in [-0.05, 0) is 37.8 Å². The Morgan fingerprint density at radius 1 is 1.42 bits per heavy atom. The molecule has 1 aliphatic rings. The van der Waals surface area contributed by atoms with Crippen LogP contribution in [0.15, 0.2) is 18.2 Å². The molecule has 2 unspecified atom stereocenters. The van der Waals surface area contributed by atoms with E-state index in [9.17, 15) is 4.39 Å². The summed E-state index contributed by atoms with van der Waals surface area (Å²) in [6, 6.07) is 6.13. The molecule has 106 valence electrons. The molecule has 0 spiro atoms. The normalized spacial score (nSPS) is 24.0. The molecule has 1 heterocycles. The van der Waals surface area contributed by atoms with E-state index >= 15 is 0 Å². The molecule has 0 amide bonds. The van der Waals surface area contributed by atoms with Crippen LogP contribution in [0.25, 0.3) is 0 Å². The average Bonchev–Trinajstić information content (AvgIpc) is 2.32. The number of anilines is 1. The summed E-state index contributed by atoms with van der Waals surface area (Å²) in [6.45, 7) is 10.4. The number of nitrogens with one attached hydrogen (secondary N) is 1. The van der Waals surface area contributed by atoms with E-state index in [1.165, 1.54) is 0 Å². The Balaban J connectivity index is 2.21. The summed E-state index contributed by atoms with van der Waals surface area (Å²) in [5.41, 5.74) is 1.81. The minimum absolute atomic E-state index is 0.1000.